The Kier molecular flexibility index (Phi) is 3.86. The van der Waals surface area contributed by atoms with E-state index in [1.54, 1.807) is 12.7 Å². The van der Waals surface area contributed by atoms with Gasteiger partial charge in [0.1, 0.15) is 18.5 Å². The maximum absolute atomic E-state index is 4.35. The lowest BCUT2D eigenvalue weighted by Crippen LogP contribution is -2.25. The highest BCUT2D eigenvalue weighted by Crippen LogP contribution is 2.41. The van der Waals surface area contributed by atoms with Gasteiger partial charge in [-0.25, -0.2) is 15.0 Å². The van der Waals surface area contributed by atoms with Gasteiger partial charge in [0.15, 0.2) is 0 Å². The molecular formula is C13H21N3. The molecule has 1 aliphatic carbocycles. The zero-order valence-corrected chi connectivity index (χ0v) is 10.3. The summed E-state index contributed by atoms with van der Waals surface area (Å²) in [5.74, 6) is 3.12. The lowest BCUT2D eigenvalue weighted by molar-refractivity contribution is 0.214. The molecule has 0 radical (unpaired) electrons. The normalized spacial score (nSPS) is 27.6. The van der Waals surface area contributed by atoms with E-state index in [-0.39, 0.29) is 0 Å². The van der Waals surface area contributed by atoms with Gasteiger partial charge >= 0.3 is 0 Å². The van der Waals surface area contributed by atoms with Crippen LogP contribution in [-0.4, -0.2) is 15.0 Å². The largest absolute Gasteiger partial charge is 0.225 e. The zero-order chi connectivity index (χ0) is 11.4. The van der Waals surface area contributed by atoms with Crippen LogP contribution in [0, 0.1) is 11.8 Å². The SMILES string of the molecule is CC[C@H](C)[C@@H]1CCCCC1c1ncncn1. The van der Waals surface area contributed by atoms with Gasteiger partial charge < -0.3 is 0 Å². The first-order chi connectivity index (χ1) is 7.83. The highest BCUT2D eigenvalue weighted by atomic mass is 15.0. The van der Waals surface area contributed by atoms with Crippen molar-refractivity contribution in [3.8, 4) is 0 Å². The van der Waals surface area contributed by atoms with Crippen molar-refractivity contribution in [2.45, 2.75) is 51.9 Å². The Morgan fingerprint density at radius 2 is 1.94 bits per heavy atom. The topological polar surface area (TPSA) is 38.7 Å². The van der Waals surface area contributed by atoms with Crippen LogP contribution in [0.15, 0.2) is 12.7 Å². The van der Waals surface area contributed by atoms with Crippen LogP contribution in [0.25, 0.3) is 0 Å². The minimum atomic E-state index is 0.562. The smallest absolute Gasteiger partial charge is 0.135 e. The summed E-state index contributed by atoms with van der Waals surface area (Å²) in [5, 5.41) is 0. The van der Waals surface area contributed by atoms with Crippen LogP contribution in [0.3, 0.4) is 0 Å². The fraction of sp³-hybridized carbons (Fsp3) is 0.769. The molecule has 1 fully saturated rings. The molecule has 0 saturated heterocycles. The van der Waals surface area contributed by atoms with E-state index < -0.39 is 0 Å². The van der Waals surface area contributed by atoms with E-state index in [4.69, 9.17) is 0 Å². The molecule has 0 N–H and O–H groups in total. The molecule has 1 aromatic rings. The Morgan fingerprint density at radius 1 is 1.25 bits per heavy atom. The van der Waals surface area contributed by atoms with Gasteiger partial charge in [-0.15, -0.1) is 0 Å². The van der Waals surface area contributed by atoms with E-state index in [0.717, 1.165) is 17.7 Å². The molecule has 88 valence electrons. The summed E-state index contributed by atoms with van der Waals surface area (Å²) in [6.45, 7) is 4.65. The van der Waals surface area contributed by atoms with Crippen molar-refractivity contribution >= 4 is 0 Å². The first-order valence-corrected chi connectivity index (χ1v) is 6.44. The standard InChI is InChI=1S/C13H21N3/c1-3-10(2)11-6-4-5-7-12(11)13-15-8-14-9-16-13/h8-12H,3-7H2,1-2H3/t10-,11-,12?/m0/s1. The third kappa shape index (κ3) is 2.39. The Labute approximate surface area is 97.7 Å². The molecule has 1 aliphatic rings. The van der Waals surface area contributed by atoms with Crippen molar-refractivity contribution in [2.75, 3.05) is 0 Å². The minimum absolute atomic E-state index is 0.562. The van der Waals surface area contributed by atoms with Gasteiger partial charge in [0.2, 0.25) is 0 Å². The Hall–Kier alpha value is -0.990. The van der Waals surface area contributed by atoms with E-state index >= 15 is 0 Å². The fourth-order valence-electron chi connectivity index (χ4n) is 2.90. The van der Waals surface area contributed by atoms with E-state index in [1.807, 2.05) is 0 Å². The average molecular weight is 219 g/mol. The summed E-state index contributed by atoms with van der Waals surface area (Å²) in [6, 6.07) is 0. The molecule has 1 unspecified atom stereocenters. The third-order valence-corrected chi connectivity index (χ3v) is 4.04. The molecule has 3 heteroatoms. The van der Waals surface area contributed by atoms with Gasteiger partial charge in [0.25, 0.3) is 0 Å². The van der Waals surface area contributed by atoms with Crippen molar-refractivity contribution in [1.82, 2.24) is 15.0 Å². The van der Waals surface area contributed by atoms with E-state index in [0.29, 0.717) is 5.92 Å². The molecular weight excluding hydrogens is 198 g/mol. The van der Waals surface area contributed by atoms with Crippen LogP contribution in [0.1, 0.15) is 57.7 Å². The van der Waals surface area contributed by atoms with Crippen LogP contribution in [0.2, 0.25) is 0 Å². The van der Waals surface area contributed by atoms with Crippen molar-refractivity contribution in [1.29, 1.82) is 0 Å². The van der Waals surface area contributed by atoms with Crippen LogP contribution in [-0.2, 0) is 0 Å². The highest BCUT2D eigenvalue weighted by molar-refractivity contribution is 4.99. The molecule has 0 bridgehead atoms. The monoisotopic (exact) mass is 219 g/mol. The van der Waals surface area contributed by atoms with Gasteiger partial charge in [-0.1, -0.05) is 33.1 Å². The number of hydrogen-bond acceptors (Lipinski definition) is 3. The van der Waals surface area contributed by atoms with E-state index in [9.17, 15) is 0 Å². The lowest BCUT2D eigenvalue weighted by Gasteiger charge is -2.34. The predicted molar refractivity (Wildman–Crippen MR) is 64.0 cm³/mol. The molecule has 3 nitrogen and oxygen atoms in total. The highest BCUT2D eigenvalue weighted by Gasteiger charge is 2.31. The van der Waals surface area contributed by atoms with Gasteiger partial charge in [-0.05, 0) is 24.7 Å². The second-order valence-electron chi connectivity index (χ2n) is 4.94. The fourth-order valence-corrected chi connectivity index (χ4v) is 2.90. The number of nitrogens with zero attached hydrogens (tertiary/aromatic N) is 3. The molecule has 0 amide bonds. The summed E-state index contributed by atoms with van der Waals surface area (Å²) >= 11 is 0. The lowest BCUT2D eigenvalue weighted by atomic mass is 9.72. The van der Waals surface area contributed by atoms with E-state index in [1.165, 1.54) is 32.1 Å². The Morgan fingerprint density at radius 3 is 2.62 bits per heavy atom. The molecule has 3 atom stereocenters. The summed E-state index contributed by atoms with van der Waals surface area (Å²) in [5.41, 5.74) is 0. The van der Waals surface area contributed by atoms with E-state index in [2.05, 4.69) is 28.8 Å². The Balaban J connectivity index is 2.16. The summed E-state index contributed by atoms with van der Waals surface area (Å²) in [4.78, 5) is 12.6. The van der Waals surface area contributed by atoms with Crippen LogP contribution < -0.4 is 0 Å². The molecule has 0 aromatic carbocycles. The summed E-state index contributed by atoms with van der Waals surface area (Å²) < 4.78 is 0. The molecule has 2 rings (SSSR count). The predicted octanol–water partition coefficient (Wildman–Crippen LogP) is 3.19. The van der Waals surface area contributed by atoms with Crippen LogP contribution >= 0.6 is 0 Å². The molecule has 1 aromatic heterocycles. The molecule has 1 heterocycles. The second-order valence-corrected chi connectivity index (χ2v) is 4.94. The van der Waals surface area contributed by atoms with Gasteiger partial charge in [-0.2, -0.15) is 0 Å². The first-order valence-electron chi connectivity index (χ1n) is 6.44. The Bertz CT molecular complexity index is 312. The van der Waals surface area contributed by atoms with Gasteiger partial charge in [0, 0.05) is 5.92 Å². The maximum Gasteiger partial charge on any atom is 0.135 e. The van der Waals surface area contributed by atoms with Crippen LogP contribution in [0.5, 0.6) is 0 Å². The number of rotatable bonds is 3. The van der Waals surface area contributed by atoms with Crippen molar-refractivity contribution < 1.29 is 0 Å². The summed E-state index contributed by atoms with van der Waals surface area (Å²) in [7, 11) is 0. The van der Waals surface area contributed by atoms with Gasteiger partial charge in [-0.3, -0.25) is 0 Å². The van der Waals surface area contributed by atoms with Crippen molar-refractivity contribution in [2.24, 2.45) is 11.8 Å². The molecule has 0 aliphatic heterocycles. The molecule has 0 spiro atoms. The van der Waals surface area contributed by atoms with Crippen LogP contribution in [0.4, 0.5) is 0 Å². The summed E-state index contributed by atoms with van der Waals surface area (Å²) in [6.07, 6.45) is 9.80. The average Bonchev–Trinajstić information content (AvgIpc) is 2.39. The third-order valence-electron chi connectivity index (χ3n) is 4.04. The van der Waals surface area contributed by atoms with Crippen molar-refractivity contribution in [3.63, 3.8) is 0 Å². The quantitative estimate of drug-likeness (QED) is 0.783. The number of aromatic nitrogens is 3. The van der Waals surface area contributed by atoms with Gasteiger partial charge in [0.05, 0.1) is 0 Å². The molecule has 1 saturated carbocycles. The minimum Gasteiger partial charge on any atom is -0.225 e. The molecule has 16 heavy (non-hydrogen) atoms. The zero-order valence-electron chi connectivity index (χ0n) is 10.3. The second kappa shape index (κ2) is 5.37. The first kappa shape index (κ1) is 11.5. The maximum atomic E-state index is 4.35. The van der Waals surface area contributed by atoms with Crippen molar-refractivity contribution in [3.05, 3.63) is 18.5 Å². The number of hydrogen-bond donors (Lipinski definition) is 0.